The minimum atomic E-state index is -1.06. The fourth-order valence-corrected chi connectivity index (χ4v) is 1.79. The summed E-state index contributed by atoms with van der Waals surface area (Å²) in [4.78, 5) is 33.1. The van der Waals surface area contributed by atoms with E-state index in [0.717, 1.165) is 0 Å². The van der Waals surface area contributed by atoms with Crippen LogP contribution < -0.4 is 9.47 Å². The average Bonchev–Trinajstić information content (AvgIpc) is 2.55. The molecule has 2 aromatic rings. The Bertz CT molecular complexity index is 733. The van der Waals surface area contributed by atoms with Crippen molar-refractivity contribution in [2.45, 2.75) is 6.42 Å². The third-order valence-corrected chi connectivity index (χ3v) is 3.01. The van der Waals surface area contributed by atoms with Gasteiger partial charge in [0.15, 0.2) is 0 Å². The Balaban J connectivity index is 1.78. The first kappa shape index (κ1) is 17.0. The van der Waals surface area contributed by atoms with E-state index in [0.29, 0.717) is 5.75 Å². The quantitative estimate of drug-likeness (QED) is 0.592. The van der Waals surface area contributed by atoms with Crippen molar-refractivity contribution in [3.05, 3.63) is 59.7 Å². The van der Waals surface area contributed by atoms with E-state index < -0.39 is 17.9 Å². The second-order valence-electron chi connectivity index (χ2n) is 4.73. The highest BCUT2D eigenvalue weighted by Gasteiger charge is 2.08. The van der Waals surface area contributed by atoms with Crippen LogP contribution in [-0.2, 0) is 4.79 Å². The number of carboxylic acid groups (broad SMARTS) is 2. The van der Waals surface area contributed by atoms with Crippen molar-refractivity contribution in [1.29, 1.82) is 0 Å². The summed E-state index contributed by atoms with van der Waals surface area (Å²) in [5.74, 6) is -1.93. The van der Waals surface area contributed by atoms with Gasteiger partial charge in [-0.2, -0.15) is 0 Å². The summed E-state index contributed by atoms with van der Waals surface area (Å²) in [7, 11) is 0. The smallest absolute Gasteiger partial charge is 0.335 e. The summed E-state index contributed by atoms with van der Waals surface area (Å²) < 4.78 is 10.4. The van der Waals surface area contributed by atoms with Crippen molar-refractivity contribution in [3.8, 4) is 11.5 Å². The Morgan fingerprint density at radius 2 is 1.21 bits per heavy atom. The second-order valence-corrected chi connectivity index (χ2v) is 4.73. The number of hydrogen-bond donors (Lipinski definition) is 2. The van der Waals surface area contributed by atoms with Gasteiger partial charge in [-0.15, -0.1) is 0 Å². The van der Waals surface area contributed by atoms with Gasteiger partial charge in [0.2, 0.25) is 0 Å². The van der Waals surface area contributed by atoms with Crippen LogP contribution in [0.1, 0.15) is 27.1 Å². The van der Waals surface area contributed by atoms with Gasteiger partial charge in [0.05, 0.1) is 24.2 Å². The number of aromatic carboxylic acids is 2. The molecule has 7 nitrogen and oxygen atoms in total. The fourth-order valence-electron chi connectivity index (χ4n) is 1.79. The molecule has 24 heavy (non-hydrogen) atoms. The zero-order valence-electron chi connectivity index (χ0n) is 12.5. The van der Waals surface area contributed by atoms with Crippen LogP contribution in [0.3, 0.4) is 0 Å². The standard InChI is InChI=1S/C17H14O7/c18-15(24-14-7-3-12(4-8-14)17(21)22)9-10-23-13-5-1-11(2-6-13)16(19)20/h1-8H,9-10H2,(H,19,20)(H,21,22). The summed E-state index contributed by atoms with van der Waals surface area (Å²) in [6.07, 6.45) is -0.0125. The molecular weight excluding hydrogens is 316 g/mol. The zero-order valence-corrected chi connectivity index (χ0v) is 12.5. The molecule has 0 aliphatic heterocycles. The van der Waals surface area contributed by atoms with Gasteiger partial charge in [-0.1, -0.05) is 0 Å². The number of benzene rings is 2. The summed E-state index contributed by atoms with van der Waals surface area (Å²) in [5.41, 5.74) is 0.245. The first-order chi connectivity index (χ1) is 11.5. The summed E-state index contributed by atoms with van der Waals surface area (Å²) in [6.45, 7) is 0.0679. The number of carbonyl (C=O) groups is 3. The van der Waals surface area contributed by atoms with Crippen LogP contribution in [0, 0.1) is 0 Å². The Morgan fingerprint density at radius 3 is 1.67 bits per heavy atom. The van der Waals surface area contributed by atoms with Gasteiger partial charge in [-0.25, -0.2) is 9.59 Å². The van der Waals surface area contributed by atoms with E-state index in [1.807, 2.05) is 0 Å². The predicted octanol–water partition coefficient (Wildman–Crippen LogP) is 2.46. The van der Waals surface area contributed by atoms with Crippen LogP contribution in [0.4, 0.5) is 0 Å². The topological polar surface area (TPSA) is 110 Å². The van der Waals surface area contributed by atoms with E-state index >= 15 is 0 Å². The van der Waals surface area contributed by atoms with Crippen molar-refractivity contribution in [2.75, 3.05) is 6.61 Å². The summed E-state index contributed by atoms with van der Waals surface area (Å²) in [6, 6.07) is 11.3. The van der Waals surface area contributed by atoms with Gasteiger partial charge in [-0.05, 0) is 48.5 Å². The highest BCUT2D eigenvalue weighted by molar-refractivity contribution is 5.88. The van der Waals surface area contributed by atoms with Crippen LogP contribution in [-0.4, -0.2) is 34.7 Å². The van der Waals surface area contributed by atoms with E-state index in [-0.39, 0.29) is 29.9 Å². The van der Waals surface area contributed by atoms with E-state index in [9.17, 15) is 14.4 Å². The number of carboxylic acids is 2. The first-order valence-electron chi connectivity index (χ1n) is 6.96. The molecule has 2 rings (SSSR count). The van der Waals surface area contributed by atoms with Crippen LogP contribution in [0.2, 0.25) is 0 Å². The zero-order chi connectivity index (χ0) is 17.5. The Morgan fingerprint density at radius 1 is 0.750 bits per heavy atom. The molecule has 0 unspecified atom stereocenters. The van der Waals surface area contributed by atoms with Crippen LogP contribution in [0.25, 0.3) is 0 Å². The summed E-state index contributed by atoms with van der Waals surface area (Å²) >= 11 is 0. The molecule has 2 N–H and O–H groups in total. The Labute approximate surface area is 137 Å². The maximum absolute atomic E-state index is 11.7. The molecule has 0 fully saturated rings. The predicted molar refractivity (Wildman–Crippen MR) is 82.5 cm³/mol. The molecule has 0 aromatic heterocycles. The molecule has 7 heteroatoms. The molecule has 0 heterocycles. The number of ether oxygens (including phenoxy) is 2. The van der Waals surface area contributed by atoms with Crippen LogP contribution in [0.15, 0.2) is 48.5 Å². The van der Waals surface area contributed by atoms with Crippen molar-refractivity contribution in [3.63, 3.8) is 0 Å². The molecule has 0 aliphatic rings. The Hall–Kier alpha value is -3.35. The minimum absolute atomic E-state index is 0.0125. The van der Waals surface area contributed by atoms with Gasteiger partial charge in [-0.3, -0.25) is 4.79 Å². The van der Waals surface area contributed by atoms with Gasteiger partial charge < -0.3 is 19.7 Å². The van der Waals surface area contributed by atoms with E-state index in [1.54, 1.807) is 0 Å². The van der Waals surface area contributed by atoms with Crippen molar-refractivity contribution in [2.24, 2.45) is 0 Å². The lowest BCUT2D eigenvalue weighted by molar-refractivity contribution is -0.134. The highest BCUT2D eigenvalue weighted by atomic mass is 16.5. The average molecular weight is 330 g/mol. The second kappa shape index (κ2) is 7.77. The minimum Gasteiger partial charge on any atom is -0.493 e. The van der Waals surface area contributed by atoms with E-state index in [1.165, 1.54) is 48.5 Å². The monoisotopic (exact) mass is 330 g/mol. The molecule has 2 aromatic carbocycles. The highest BCUT2D eigenvalue weighted by Crippen LogP contribution is 2.14. The third-order valence-electron chi connectivity index (χ3n) is 3.01. The van der Waals surface area contributed by atoms with Gasteiger partial charge in [0, 0.05) is 0 Å². The molecule has 0 saturated heterocycles. The molecule has 0 spiro atoms. The fraction of sp³-hybridized carbons (Fsp3) is 0.118. The summed E-state index contributed by atoms with van der Waals surface area (Å²) in [5, 5.41) is 17.6. The maximum atomic E-state index is 11.7. The number of hydrogen-bond acceptors (Lipinski definition) is 5. The van der Waals surface area contributed by atoms with Crippen molar-refractivity contribution >= 4 is 17.9 Å². The molecule has 0 atom stereocenters. The van der Waals surface area contributed by atoms with E-state index in [2.05, 4.69) is 0 Å². The molecule has 124 valence electrons. The van der Waals surface area contributed by atoms with Gasteiger partial charge in [0.1, 0.15) is 11.5 Å². The molecular formula is C17H14O7. The molecule has 0 saturated carbocycles. The number of carbonyl (C=O) groups excluding carboxylic acids is 1. The maximum Gasteiger partial charge on any atom is 0.335 e. The molecule has 0 bridgehead atoms. The lowest BCUT2D eigenvalue weighted by Gasteiger charge is -2.07. The first-order valence-corrected chi connectivity index (χ1v) is 6.96. The van der Waals surface area contributed by atoms with Crippen molar-refractivity contribution < 1.29 is 34.1 Å². The molecule has 0 aliphatic carbocycles. The van der Waals surface area contributed by atoms with Gasteiger partial charge in [0.25, 0.3) is 0 Å². The number of rotatable bonds is 7. The lowest BCUT2D eigenvalue weighted by atomic mass is 10.2. The normalized spacial score (nSPS) is 10.0. The number of esters is 1. The lowest BCUT2D eigenvalue weighted by Crippen LogP contribution is -2.12. The van der Waals surface area contributed by atoms with E-state index in [4.69, 9.17) is 19.7 Å². The molecule has 0 radical (unpaired) electrons. The van der Waals surface area contributed by atoms with Crippen molar-refractivity contribution in [1.82, 2.24) is 0 Å². The molecule has 0 amide bonds. The Kier molecular flexibility index (Phi) is 5.51. The van der Waals surface area contributed by atoms with Crippen LogP contribution in [0.5, 0.6) is 11.5 Å². The largest absolute Gasteiger partial charge is 0.493 e. The van der Waals surface area contributed by atoms with Gasteiger partial charge >= 0.3 is 17.9 Å². The SMILES string of the molecule is O=C(CCOc1ccc(C(=O)O)cc1)Oc1ccc(C(=O)O)cc1. The third kappa shape index (κ3) is 4.84. The van der Waals surface area contributed by atoms with Crippen LogP contribution >= 0.6 is 0 Å².